The van der Waals surface area contributed by atoms with Gasteiger partial charge in [-0.05, 0) is 65.4 Å². The summed E-state index contributed by atoms with van der Waals surface area (Å²) in [5.74, 6) is 0. The highest BCUT2D eigenvalue weighted by atomic mass is 35.5. The van der Waals surface area contributed by atoms with Gasteiger partial charge in [0.25, 0.3) is 10.0 Å². The van der Waals surface area contributed by atoms with E-state index in [1.165, 1.54) is 11.6 Å². The molecule has 128 valence electrons. The van der Waals surface area contributed by atoms with E-state index in [1.54, 1.807) is 18.2 Å². The molecule has 1 aliphatic rings. The first-order chi connectivity index (χ1) is 12.0. The Hall–Kier alpha value is -1.75. The minimum Gasteiger partial charge on any atom is -0.280 e. The molecule has 0 heterocycles. The van der Waals surface area contributed by atoms with Gasteiger partial charge < -0.3 is 0 Å². The molecule has 1 aliphatic carbocycles. The van der Waals surface area contributed by atoms with Crippen molar-refractivity contribution >= 4 is 49.7 Å². The summed E-state index contributed by atoms with van der Waals surface area (Å²) < 4.78 is 28.6. The summed E-state index contributed by atoms with van der Waals surface area (Å²) in [4.78, 5) is 0.332. The molecule has 0 bridgehead atoms. The molecule has 0 saturated heterocycles. The van der Waals surface area contributed by atoms with E-state index in [4.69, 9.17) is 23.2 Å². The first-order valence-electron chi connectivity index (χ1n) is 7.97. The van der Waals surface area contributed by atoms with Crippen LogP contribution in [-0.2, 0) is 22.9 Å². The van der Waals surface area contributed by atoms with Crippen LogP contribution in [0.25, 0.3) is 10.8 Å². The lowest BCUT2D eigenvalue weighted by Crippen LogP contribution is -2.16. The number of rotatable bonds is 3. The Labute approximate surface area is 156 Å². The third-order valence-corrected chi connectivity index (χ3v) is 6.74. The van der Waals surface area contributed by atoms with Crippen LogP contribution >= 0.6 is 23.2 Å². The molecule has 25 heavy (non-hydrogen) atoms. The minimum absolute atomic E-state index is 0.309. The van der Waals surface area contributed by atoms with Gasteiger partial charge in [-0.3, -0.25) is 4.72 Å². The maximum atomic E-state index is 13.0. The zero-order chi connectivity index (χ0) is 17.6. The molecule has 0 aliphatic heterocycles. The van der Waals surface area contributed by atoms with Gasteiger partial charge >= 0.3 is 0 Å². The van der Waals surface area contributed by atoms with Crippen LogP contribution in [0.2, 0.25) is 10.0 Å². The predicted octanol–water partition coefficient (Wildman–Crippen LogP) is 5.44. The molecular formula is C19H15Cl2NO2S. The first kappa shape index (κ1) is 16.7. The number of hydrogen-bond acceptors (Lipinski definition) is 2. The van der Waals surface area contributed by atoms with Gasteiger partial charge in [-0.25, -0.2) is 8.42 Å². The first-order valence-corrected chi connectivity index (χ1v) is 10.2. The Bertz CT molecular complexity index is 1090. The summed E-state index contributed by atoms with van der Waals surface area (Å²) in [6.45, 7) is 0. The Balaban J connectivity index is 1.83. The molecule has 3 aromatic carbocycles. The summed E-state index contributed by atoms with van der Waals surface area (Å²) in [5, 5.41) is 2.85. The molecule has 0 fully saturated rings. The summed E-state index contributed by atoms with van der Waals surface area (Å²) in [6.07, 6.45) is 2.69. The normalized spacial score (nSPS) is 13.8. The number of anilines is 1. The fourth-order valence-electron chi connectivity index (χ4n) is 3.45. The summed E-state index contributed by atoms with van der Waals surface area (Å²) in [5.41, 5.74) is 2.50. The van der Waals surface area contributed by atoms with Crippen LogP contribution in [0.1, 0.15) is 17.5 Å². The molecule has 0 saturated carbocycles. The fraction of sp³-hybridized carbons (Fsp3) is 0.158. The van der Waals surface area contributed by atoms with Crippen LogP contribution in [0.5, 0.6) is 0 Å². The van der Waals surface area contributed by atoms with Gasteiger partial charge in [0.1, 0.15) is 0 Å². The number of aryl methyl sites for hydroxylation is 2. The Morgan fingerprint density at radius 1 is 0.920 bits per heavy atom. The van der Waals surface area contributed by atoms with E-state index in [0.29, 0.717) is 20.6 Å². The van der Waals surface area contributed by atoms with Crippen molar-refractivity contribution in [3.63, 3.8) is 0 Å². The third-order valence-electron chi connectivity index (χ3n) is 4.53. The van der Waals surface area contributed by atoms with E-state index in [9.17, 15) is 8.42 Å². The van der Waals surface area contributed by atoms with Gasteiger partial charge in [-0.2, -0.15) is 0 Å². The lowest BCUT2D eigenvalue weighted by atomic mass is 9.89. The highest BCUT2D eigenvalue weighted by Crippen LogP contribution is 2.35. The number of hydrogen-bond donors (Lipinski definition) is 1. The number of nitrogens with one attached hydrogen (secondary N) is 1. The smallest absolute Gasteiger partial charge is 0.262 e. The Morgan fingerprint density at radius 2 is 1.76 bits per heavy atom. The van der Waals surface area contributed by atoms with Crippen LogP contribution in [0.3, 0.4) is 0 Å². The van der Waals surface area contributed by atoms with Gasteiger partial charge in [0.2, 0.25) is 0 Å². The van der Waals surface area contributed by atoms with Crippen molar-refractivity contribution < 1.29 is 8.42 Å². The van der Waals surface area contributed by atoms with Gasteiger partial charge in [0.15, 0.2) is 0 Å². The van der Waals surface area contributed by atoms with E-state index in [1.807, 2.05) is 18.2 Å². The molecule has 0 unspecified atom stereocenters. The van der Waals surface area contributed by atoms with Crippen LogP contribution in [0, 0.1) is 0 Å². The van der Waals surface area contributed by atoms with Crippen molar-refractivity contribution in [1.82, 2.24) is 0 Å². The second-order valence-electron chi connectivity index (χ2n) is 6.15. The number of sulfonamides is 1. The molecule has 1 N–H and O–H groups in total. The van der Waals surface area contributed by atoms with Crippen LogP contribution in [0.4, 0.5) is 5.69 Å². The summed E-state index contributed by atoms with van der Waals surface area (Å²) >= 11 is 11.9. The topological polar surface area (TPSA) is 46.2 Å². The monoisotopic (exact) mass is 391 g/mol. The van der Waals surface area contributed by atoms with Gasteiger partial charge in [0, 0.05) is 0 Å². The highest BCUT2D eigenvalue weighted by Gasteiger charge is 2.23. The van der Waals surface area contributed by atoms with Gasteiger partial charge in [-0.1, -0.05) is 47.5 Å². The summed E-state index contributed by atoms with van der Waals surface area (Å²) in [7, 11) is -3.71. The average molecular weight is 392 g/mol. The zero-order valence-electron chi connectivity index (χ0n) is 13.2. The highest BCUT2D eigenvalue weighted by molar-refractivity contribution is 7.92. The maximum Gasteiger partial charge on any atom is 0.262 e. The lowest BCUT2D eigenvalue weighted by molar-refractivity contribution is 0.599. The second-order valence-corrected chi connectivity index (χ2v) is 8.61. The fourth-order valence-corrected chi connectivity index (χ4v) is 5.07. The van der Waals surface area contributed by atoms with Crippen LogP contribution in [-0.4, -0.2) is 8.42 Å². The largest absolute Gasteiger partial charge is 0.280 e. The molecule has 0 spiro atoms. The predicted molar refractivity (Wildman–Crippen MR) is 103 cm³/mol. The van der Waals surface area contributed by atoms with Gasteiger partial charge in [-0.15, -0.1) is 0 Å². The Morgan fingerprint density at radius 3 is 2.56 bits per heavy atom. The number of benzene rings is 3. The molecule has 0 radical (unpaired) electrons. The second kappa shape index (κ2) is 6.20. The van der Waals surface area contributed by atoms with E-state index in [0.717, 1.165) is 35.6 Å². The van der Waals surface area contributed by atoms with E-state index >= 15 is 0 Å². The number of halogens is 2. The van der Waals surface area contributed by atoms with E-state index < -0.39 is 10.0 Å². The molecule has 0 amide bonds. The Kier molecular flexibility index (Phi) is 4.14. The third kappa shape index (κ3) is 2.99. The van der Waals surface area contributed by atoms with Crippen molar-refractivity contribution in [2.75, 3.05) is 4.72 Å². The van der Waals surface area contributed by atoms with Crippen molar-refractivity contribution in [3.05, 3.63) is 69.7 Å². The van der Waals surface area contributed by atoms with Crippen molar-refractivity contribution in [2.45, 2.75) is 24.2 Å². The molecule has 6 heteroatoms. The molecule has 3 aromatic rings. The van der Waals surface area contributed by atoms with Crippen molar-refractivity contribution in [3.8, 4) is 0 Å². The minimum atomic E-state index is -3.71. The maximum absolute atomic E-state index is 13.0. The lowest BCUT2D eigenvalue weighted by Gasteiger charge is -2.21. The van der Waals surface area contributed by atoms with E-state index in [2.05, 4.69) is 10.8 Å². The zero-order valence-corrected chi connectivity index (χ0v) is 15.5. The van der Waals surface area contributed by atoms with Crippen molar-refractivity contribution in [2.24, 2.45) is 0 Å². The molecule has 0 aromatic heterocycles. The van der Waals surface area contributed by atoms with Crippen LogP contribution < -0.4 is 4.72 Å². The average Bonchev–Trinajstić information content (AvgIpc) is 2.58. The van der Waals surface area contributed by atoms with Crippen LogP contribution in [0.15, 0.2) is 53.4 Å². The standard InChI is InChI=1S/C19H15Cl2NO2S/c20-16-9-8-14(11-17(16)21)22-25(23,24)18-10-7-13-4-1-3-12-5-2-6-15(18)19(12)13/h1,3-4,7-11,22H,2,5-6H2. The van der Waals surface area contributed by atoms with E-state index in [-0.39, 0.29) is 0 Å². The molecular weight excluding hydrogens is 377 g/mol. The van der Waals surface area contributed by atoms with Gasteiger partial charge in [0.05, 0.1) is 20.6 Å². The molecule has 0 atom stereocenters. The molecule has 4 rings (SSSR count). The molecule has 3 nitrogen and oxygen atoms in total. The quantitative estimate of drug-likeness (QED) is 0.646. The SMILES string of the molecule is O=S(=O)(Nc1ccc(Cl)c(Cl)c1)c1ccc2cccc3c2c1CCC3. The van der Waals surface area contributed by atoms with Crippen molar-refractivity contribution in [1.29, 1.82) is 0 Å². The summed E-state index contributed by atoms with van der Waals surface area (Å²) in [6, 6.07) is 14.4.